The average Bonchev–Trinajstić information content (AvgIpc) is 2.92. The highest BCUT2D eigenvalue weighted by Gasteiger charge is 2.42. The van der Waals surface area contributed by atoms with Crippen molar-refractivity contribution in [2.75, 3.05) is 41.4 Å². The first-order valence-corrected chi connectivity index (χ1v) is 7.63. The predicted molar refractivity (Wildman–Crippen MR) is 85.4 cm³/mol. The lowest BCUT2D eigenvalue weighted by atomic mass is 9.84. The summed E-state index contributed by atoms with van der Waals surface area (Å²) in [6, 6.07) is 0.172. The Morgan fingerprint density at radius 1 is 1.38 bits per heavy atom. The Morgan fingerprint density at radius 3 is 2.48 bits per heavy atom. The molecule has 0 aromatic carbocycles. The van der Waals surface area contributed by atoms with Gasteiger partial charge in [0.2, 0.25) is 5.91 Å². The van der Waals surface area contributed by atoms with Crippen molar-refractivity contribution in [3.8, 4) is 0 Å². The maximum atomic E-state index is 12.5. The lowest BCUT2D eigenvalue weighted by Crippen LogP contribution is -2.51. The first-order chi connectivity index (χ1) is 9.95. The van der Waals surface area contributed by atoms with Crippen molar-refractivity contribution >= 4 is 11.9 Å². The Bertz CT molecular complexity index is 363. The number of aliphatic imine (C=N–C) groups is 1. The van der Waals surface area contributed by atoms with Crippen LogP contribution in [0.3, 0.4) is 0 Å². The summed E-state index contributed by atoms with van der Waals surface area (Å²) in [5, 5.41) is 6.58. The van der Waals surface area contributed by atoms with E-state index in [1.165, 1.54) is 0 Å². The molecule has 0 aromatic heterocycles. The summed E-state index contributed by atoms with van der Waals surface area (Å²) >= 11 is 0. The lowest BCUT2D eigenvalue weighted by molar-refractivity contribution is -0.138. The van der Waals surface area contributed by atoms with E-state index >= 15 is 0 Å². The molecule has 1 atom stereocenters. The third-order valence-corrected chi connectivity index (χ3v) is 4.04. The fourth-order valence-corrected chi connectivity index (χ4v) is 2.96. The van der Waals surface area contributed by atoms with Gasteiger partial charge in [0.1, 0.15) is 0 Å². The van der Waals surface area contributed by atoms with Crippen LogP contribution in [0.4, 0.5) is 0 Å². The van der Waals surface area contributed by atoms with Gasteiger partial charge in [-0.3, -0.25) is 9.79 Å². The lowest BCUT2D eigenvalue weighted by Gasteiger charge is -2.31. The molecule has 6 heteroatoms. The summed E-state index contributed by atoms with van der Waals surface area (Å²) in [4.78, 5) is 18.4. The zero-order valence-corrected chi connectivity index (χ0v) is 14.0. The summed E-state index contributed by atoms with van der Waals surface area (Å²) in [5.41, 5.74) is -0.286. The van der Waals surface area contributed by atoms with Gasteiger partial charge in [0.25, 0.3) is 0 Å². The van der Waals surface area contributed by atoms with Crippen molar-refractivity contribution in [2.45, 2.75) is 38.6 Å². The maximum absolute atomic E-state index is 12.5. The van der Waals surface area contributed by atoms with Gasteiger partial charge >= 0.3 is 0 Å². The molecule has 0 saturated heterocycles. The highest BCUT2D eigenvalue weighted by atomic mass is 16.5. The molecule has 1 saturated carbocycles. The number of amides is 1. The summed E-state index contributed by atoms with van der Waals surface area (Å²) < 4.78 is 5.11. The minimum absolute atomic E-state index is 0.172. The molecular weight excluding hydrogens is 268 g/mol. The zero-order valence-electron chi connectivity index (χ0n) is 14.0. The van der Waals surface area contributed by atoms with Crippen molar-refractivity contribution in [1.82, 2.24) is 15.5 Å². The molecule has 1 amide bonds. The number of carbonyl (C=O) groups excluding carboxylic acids is 1. The van der Waals surface area contributed by atoms with Crippen LogP contribution in [0, 0.1) is 5.41 Å². The van der Waals surface area contributed by atoms with Crippen LogP contribution in [0.1, 0.15) is 32.6 Å². The van der Waals surface area contributed by atoms with E-state index in [1.807, 2.05) is 21.0 Å². The molecule has 1 unspecified atom stereocenters. The molecule has 0 spiro atoms. The van der Waals surface area contributed by atoms with E-state index in [0.717, 1.165) is 31.6 Å². The van der Waals surface area contributed by atoms with Crippen LogP contribution >= 0.6 is 0 Å². The standard InChI is InChI=1S/C15H30N4O2/c1-12(10-21-5)18-14(16-2)17-11-15(8-6-7-9-15)13(20)19(3)4/h12H,6-11H2,1-5H3,(H2,16,17,18). The fraction of sp³-hybridized carbons (Fsp3) is 0.867. The number of ether oxygens (including phenoxy) is 1. The molecule has 0 bridgehead atoms. The quantitative estimate of drug-likeness (QED) is 0.563. The normalized spacial score (nSPS) is 19.2. The van der Waals surface area contributed by atoms with Crippen LogP contribution in [0.15, 0.2) is 4.99 Å². The molecule has 1 aliphatic rings. The van der Waals surface area contributed by atoms with Crippen molar-refractivity contribution in [3.05, 3.63) is 0 Å². The highest BCUT2D eigenvalue weighted by molar-refractivity contribution is 5.85. The first-order valence-electron chi connectivity index (χ1n) is 7.63. The summed E-state index contributed by atoms with van der Waals surface area (Å²) in [7, 11) is 7.08. The van der Waals surface area contributed by atoms with Crippen LogP contribution in [0.25, 0.3) is 0 Å². The molecule has 6 nitrogen and oxygen atoms in total. The minimum atomic E-state index is -0.286. The summed E-state index contributed by atoms with van der Waals surface area (Å²) in [6.07, 6.45) is 4.13. The fourth-order valence-electron chi connectivity index (χ4n) is 2.96. The van der Waals surface area contributed by atoms with Crippen molar-refractivity contribution in [2.24, 2.45) is 10.4 Å². The number of nitrogens with zero attached hydrogens (tertiary/aromatic N) is 2. The zero-order chi connectivity index (χ0) is 15.9. The maximum Gasteiger partial charge on any atom is 0.230 e. The van der Waals surface area contributed by atoms with Gasteiger partial charge in [-0.1, -0.05) is 12.8 Å². The van der Waals surface area contributed by atoms with Crippen LogP contribution in [0.5, 0.6) is 0 Å². The van der Waals surface area contributed by atoms with E-state index in [-0.39, 0.29) is 17.4 Å². The molecule has 1 aliphatic carbocycles. The largest absolute Gasteiger partial charge is 0.383 e. The Morgan fingerprint density at radius 2 is 2.00 bits per heavy atom. The SMILES string of the molecule is CN=C(NCC1(C(=O)N(C)C)CCCC1)NC(C)COC. The Hall–Kier alpha value is -1.30. The second-order valence-corrected chi connectivity index (χ2v) is 6.11. The molecule has 1 rings (SSSR count). The van der Waals surface area contributed by atoms with Crippen LogP contribution in [-0.2, 0) is 9.53 Å². The number of hydrogen-bond donors (Lipinski definition) is 2. The summed E-state index contributed by atoms with van der Waals surface area (Å²) in [5.74, 6) is 0.935. The van der Waals surface area contributed by atoms with Crippen molar-refractivity contribution in [1.29, 1.82) is 0 Å². The number of rotatable bonds is 6. The second-order valence-electron chi connectivity index (χ2n) is 6.11. The van der Waals surface area contributed by atoms with Gasteiger partial charge in [-0.2, -0.15) is 0 Å². The van der Waals surface area contributed by atoms with Gasteiger partial charge in [0.15, 0.2) is 5.96 Å². The molecule has 0 aliphatic heterocycles. The van der Waals surface area contributed by atoms with E-state index in [0.29, 0.717) is 13.2 Å². The second kappa shape index (κ2) is 8.22. The van der Waals surface area contributed by atoms with E-state index < -0.39 is 0 Å². The third kappa shape index (κ3) is 4.88. The number of guanidine groups is 1. The van der Waals surface area contributed by atoms with E-state index in [4.69, 9.17) is 4.74 Å². The van der Waals surface area contributed by atoms with Gasteiger partial charge in [0, 0.05) is 40.8 Å². The van der Waals surface area contributed by atoms with Crippen LogP contribution in [0.2, 0.25) is 0 Å². The third-order valence-electron chi connectivity index (χ3n) is 4.04. The summed E-state index contributed by atoms with van der Waals surface area (Å²) in [6.45, 7) is 3.28. The molecule has 2 N–H and O–H groups in total. The number of methoxy groups -OCH3 is 1. The highest BCUT2D eigenvalue weighted by Crippen LogP contribution is 2.38. The van der Waals surface area contributed by atoms with Gasteiger partial charge in [-0.15, -0.1) is 0 Å². The van der Waals surface area contributed by atoms with E-state index in [1.54, 1.807) is 19.1 Å². The number of carbonyl (C=O) groups is 1. The Balaban J connectivity index is 2.62. The topological polar surface area (TPSA) is 66.0 Å². The van der Waals surface area contributed by atoms with Crippen molar-refractivity contribution in [3.63, 3.8) is 0 Å². The van der Waals surface area contributed by atoms with Crippen molar-refractivity contribution < 1.29 is 9.53 Å². The molecule has 0 heterocycles. The van der Waals surface area contributed by atoms with Gasteiger partial charge in [-0.25, -0.2) is 0 Å². The van der Waals surface area contributed by atoms with E-state index in [9.17, 15) is 4.79 Å². The smallest absolute Gasteiger partial charge is 0.230 e. The Labute approximate surface area is 128 Å². The number of nitrogens with one attached hydrogen (secondary N) is 2. The van der Waals surface area contributed by atoms with E-state index in [2.05, 4.69) is 15.6 Å². The molecule has 122 valence electrons. The first kappa shape index (κ1) is 17.8. The van der Waals surface area contributed by atoms with Gasteiger partial charge in [0.05, 0.1) is 12.0 Å². The minimum Gasteiger partial charge on any atom is -0.383 e. The Kier molecular flexibility index (Phi) is 6.95. The monoisotopic (exact) mass is 298 g/mol. The van der Waals surface area contributed by atoms with Gasteiger partial charge in [-0.05, 0) is 19.8 Å². The average molecular weight is 298 g/mol. The van der Waals surface area contributed by atoms with Gasteiger partial charge < -0.3 is 20.3 Å². The number of hydrogen-bond acceptors (Lipinski definition) is 3. The molecule has 21 heavy (non-hydrogen) atoms. The molecular formula is C15H30N4O2. The van der Waals surface area contributed by atoms with Crippen LogP contribution in [-0.4, -0.2) is 64.2 Å². The molecule has 1 fully saturated rings. The predicted octanol–water partition coefficient (Wildman–Crippen LogP) is 0.835. The van der Waals surface area contributed by atoms with Crippen LogP contribution < -0.4 is 10.6 Å². The molecule has 0 aromatic rings. The molecule has 0 radical (unpaired) electrons.